The molecular weight excluding hydrogens is 312 g/mol. The summed E-state index contributed by atoms with van der Waals surface area (Å²) in [6.45, 7) is 7.40. The van der Waals surface area contributed by atoms with E-state index in [4.69, 9.17) is 11.6 Å². The maximum Gasteiger partial charge on any atom is 0.230 e. The van der Waals surface area contributed by atoms with Crippen molar-refractivity contribution in [2.45, 2.75) is 44.6 Å². The largest absolute Gasteiger partial charge is 0.393 e. The summed E-state index contributed by atoms with van der Waals surface area (Å²) in [6.07, 6.45) is 2.51. The molecule has 2 rings (SSSR count). The number of halogens is 1. The van der Waals surface area contributed by atoms with Crippen molar-refractivity contribution in [2.24, 2.45) is 0 Å². The summed E-state index contributed by atoms with van der Waals surface area (Å²) in [5.41, 5.74) is 0.393. The van der Waals surface area contributed by atoms with Crippen LogP contribution in [0, 0.1) is 0 Å². The molecule has 1 aromatic rings. The first-order valence-corrected chi connectivity index (χ1v) is 8.72. The number of amides is 1. The zero-order chi connectivity index (χ0) is 16.9. The molecule has 1 aliphatic rings. The summed E-state index contributed by atoms with van der Waals surface area (Å²) in [5.74, 6) is 0.0360. The molecule has 0 aromatic heterocycles. The van der Waals surface area contributed by atoms with Crippen molar-refractivity contribution >= 4 is 17.5 Å². The lowest BCUT2D eigenvalue weighted by molar-refractivity contribution is -0.125. The molecule has 1 fully saturated rings. The van der Waals surface area contributed by atoms with E-state index in [0.717, 1.165) is 44.5 Å². The van der Waals surface area contributed by atoms with Gasteiger partial charge in [-0.2, -0.15) is 0 Å². The van der Waals surface area contributed by atoms with E-state index in [2.05, 4.69) is 10.2 Å². The number of carbonyl (C=O) groups is 1. The molecule has 1 heterocycles. The van der Waals surface area contributed by atoms with Gasteiger partial charge in [-0.1, -0.05) is 23.7 Å². The average Bonchev–Trinajstić information content (AvgIpc) is 2.53. The molecule has 5 heteroatoms. The fourth-order valence-electron chi connectivity index (χ4n) is 2.87. The van der Waals surface area contributed by atoms with Crippen molar-refractivity contribution in [1.29, 1.82) is 0 Å². The first kappa shape index (κ1) is 18.2. The molecule has 0 radical (unpaired) electrons. The zero-order valence-corrected chi connectivity index (χ0v) is 14.8. The lowest BCUT2D eigenvalue weighted by Crippen LogP contribution is -2.42. The Morgan fingerprint density at radius 3 is 2.52 bits per heavy atom. The Morgan fingerprint density at radius 2 is 1.91 bits per heavy atom. The fourth-order valence-corrected chi connectivity index (χ4v) is 2.99. The topological polar surface area (TPSA) is 52.6 Å². The molecule has 1 aliphatic heterocycles. The number of likely N-dealkylation sites (tertiary alicyclic amines) is 1. The number of hydrogen-bond donors (Lipinski definition) is 2. The van der Waals surface area contributed by atoms with Gasteiger partial charge >= 0.3 is 0 Å². The first-order chi connectivity index (χ1) is 10.9. The number of carbonyl (C=O) groups excluding carboxylic acids is 1. The summed E-state index contributed by atoms with van der Waals surface area (Å²) in [7, 11) is 0. The van der Waals surface area contributed by atoms with Crippen molar-refractivity contribution in [3.63, 3.8) is 0 Å². The maximum atomic E-state index is 12.5. The minimum Gasteiger partial charge on any atom is -0.393 e. The maximum absolute atomic E-state index is 12.5. The number of benzene rings is 1. The van der Waals surface area contributed by atoms with E-state index in [1.54, 1.807) is 0 Å². The predicted molar refractivity (Wildman–Crippen MR) is 93.8 cm³/mol. The number of nitrogens with zero attached hydrogens (tertiary/aromatic N) is 1. The summed E-state index contributed by atoms with van der Waals surface area (Å²) in [4.78, 5) is 14.8. The van der Waals surface area contributed by atoms with Crippen LogP contribution in [0.5, 0.6) is 0 Å². The molecule has 1 amide bonds. The molecule has 0 atom stereocenters. The Labute approximate surface area is 143 Å². The number of nitrogens with one attached hydrogen (secondary N) is 1. The summed E-state index contributed by atoms with van der Waals surface area (Å²) in [6, 6.07) is 7.44. The third-order valence-corrected chi connectivity index (χ3v) is 4.88. The van der Waals surface area contributed by atoms with E-state index >= 15 is 0 Å². The monoisotopic (exact) mass is 338 g/mol. The Morgan fingerprint density at radius 1 is 1.30 bits per heavy atom. The zero-order valence-electron chi connectivity index (χ0n) is 14.0. The van der Waals surface area contributed by atoms with Crippen LogP contribution in [0.25, 0.3) is 0 Å². The highest BCUT2D eigenvalue weighted by atomic mass is 35.5. The fraction of sp³-hybridized carbons (Fsp3) is 0.611. The Balaban J connectivity index is 1.74. The highest BCUT2D eigenvalue weighted by Crippen LogP contribution is 2.24. The smallest absolute Gasteiger partial charge is 0.230 e. The Kier molecular flexibility index (Phi) is 6.45. The first-order valence-electron chi connectivity index (χ1n) is 8.34. The van der Waals surface area contributed by atoms with E-state index in [1.807, 2.05) is 38.1 Å². The highest BCUT2D eigenvalue weighted by molar-refractivity contribution is 6.30. The second-order valence-corrected chi connectivity index (χ2v) is 7.25. The van der Waals surface area contributed by atoms with Gasteiger partial charge in [-0.3, -0.25) is 4.79 Å². The third kappa shape index (κ3) is 5.20. The molecule has 0 spiro atoms. The molecule has 2 N–H and O–H groups in total. The van der Waals surface area contributed by atoms with E-state index < -0.39 is 5.41 Å². The van der Waals surface area contributed by atoms with Crippen LogP contribution in [-0.2, 0) is 10.2 Å². The molecule has 1 aromatic carbocycles. The lowest BCUT2D eigenvalue weighted by Gasteiger charge is -2.29. The van der Waals surface area contributed by atoms with Crippen LogP contribution in [0.2, 0.25) is 5.02 Å². The minimum atomic E-state index is -0.570. The van der Waals surface area contributed by atoms with Gasteiger partial charge in [-0.15, -0.1) is 0 Å². The van der Waals surface area contributed by atoms with Crippen molar-refractivity contribution in [3.8, 4) is 0 Å². The molecular formula is C18H27ClN2O2. The molecule has 0 aliphatic carbocycles. The van der Waals surface area contributed by atoms with Crippen LogP contribution >= 0.6 is 11.6 Å². The second kappa shape index (κ2) is 8.13. The molecule has 0 bridgehead atoms. The number of rotatable bonds is 6. The van der Waals surface area contributed by atoms with Gasteiger partial charge in [0.05, 0.1) is 11.5 Å². The van der Waals surface area contributed by atoms with Crippen LogP contribution in [0.1, 0.15) is 38.7 Å². The van der Waals surface area contributed by atoms with E-state index in [1.165, 1.54) is 0 Å². The number of aliphatic hydroxyl groups is 1. The average molecular weight is 339 g/mol. The van der Waals surface area contributed by atoms with Crippen LogP contribution < -0.4 is 5.32 Å². The Hall–Kier alpha value is -1.10. The molecule has 0 saturated carbocycles. The highest BCUT2D eigenvalue weighted by Gasteiger charge is 2.29. The van der Waals surface area contributed by atoms with Gasteiger partial charge in [0.25, 0.3) is 0 Å². The van der Waals surface area contributed by atoms with Crippen LogP contribution in [0.15, 0.2) is 24.3 Å². The van der Waals surface area contributed by atoms with Gasteiger partial charge in [0, 0.05) is 24.7 Å². The number of hydrogen-bond acceptors (Lipinski definition) is 3. The molecule has 0 unspecified atom stereocenters. The second-order valence-electron chi connectivity index (χ2n) is 6.81. The summed E-state index contributed by atoms with van der Waals surface area (Å²) >= 11 is 5.91. The summed E-state index contributed by atoms with van der Waals surface area (Å²) < 4.78 is 0. The standard InChI is InChI=1S/C18H27ClN2O2/c1-18(2,14-4-6-15(19)7-5-14)17(23)20-10-3-11-21-12-8-16(22)9-13-21/h4-7,16,22H,3,8-13H2,1-2H3,(H,20,23). The number of aliphatic hydroxyl groups excluding tert-OH is 1. The van der Waals surface area contributed by atoms with Crippen molar-refractivity contribution in [1.82, 2.24) is 10.2 Å². The van der Waals surface area contributed by atoms with Crippen LogP contribution in [0.3, 0.4) is 0 Å². The van der Waals surface area contributed by atoms with Gasteiger partial charge in [0.1, 0.15) is 0 Å². The van der Waals surface area contributed by atoms with Gasteiger partial charge in [0.2, 0.25) is 5.91 Å². The molecule has 128 valence electrons. The Bertz CT molecular complexity index is 508. The van der Waals surface area contributed by atoms with Crippen molar-refractivity contribution in [3.05, 3.63) is 34.9 Å². The van der Waals surface area contributed by atoms with Gasteiger partial charge in [0.15, 0.2) is 0 Å². The van der Waals surface area contributed by atoms with E-state index in [9.17, 15) is 9.90 Å². The van der Waals surface area contributed by atoms with Gasteiger partial charge in [-0.25, -0.2) is 0 Å². The quantitative estimate of drug-likeness (QED) is 0.784. The molecule has 4 nitrogen and oxygen atoms in total. The van der Waals surface area contributed by atoms with Crippen LogP contribution in [-0.4, -0.2) is 48.2 Å². The SMILES string of the molecule is CC(C)(C(=O)NCCCN1CCC(O)CC1)c1ccc(Cl)cc1. The van der Waals surface area contributed by atoms with E-state index in [0.29, 0.717) is 11.6 Å². The van der Waals surface area contributed by atoms with E-state index in [-0.39, 0.29) is 12.0 Å². The lowest BCUT2D eigenvalue weighted by atomic mass is 9.84. The molecule has 23 heavy (non-hydrogen) atoms. The number of piperidine rings is 1. The van der Waals surface area contributed by atoms with Gasteiger partial charge in [-0.05, 0) is 57.4 Å². The normalized spacial score (nSPS) is 17.2. The van der Waals surface area contributed by atoms with Crippen LogP contribution in [0.4, 0.5) is 0 Å². The summed E-state index contributed by atoms with van der Waals surface area (Å²) in [5, 5.41) is 13.2. The van der Waals surface area contributed by atoms with Crippen molar-refractivity contribution < 1.29 is 9.90 Å². The van der Waals surface area contributed by atoms with Crippen molar-refractivity contribution in [2.75, 3.05) is 26.2 Å². The predicted octanol–water partition coefficient (Wildman–Crippen LogP) is 2.58. The third-order valence-electron chi connectivity index (χ3n) is 4.63. The minimum absolute atomic E-state index is 0.0360. The molecule has 1 saturated heterocycles. The van der Waals surface area contributed by atoms with Gasteiger partial charge < -0.3 is 15.3 Å².